The lowest BCUT2D eigenvalue weighted by Gasteiger charge is -2.17. The predicted molar refractivity (Wildman–Crippen MR) is 97.3 cm³/mol. The maximum Gasteiger partial charge on any atom is 0.191 e. The topological polar surface area (TPSA) is 54.9 Å². The number of guanidine groups is 1. The standard InChI is InChI=1S/C15H25N3O2.HI/c1-13(11-19-3)18-15(16-2)17-9-10-20-12-14-7-5-4-6-8-14;/h4-8,13H,9-12H2,1-3H3,(H2,16,17,18);1H. The Labute approximate surface area is 144 Å². The quantitative estimate of drug-likeness (QED) is 0.300. The highest BCUT2D eigenvalue weighted by Gasteiger charge is 2.03. The minimum atomic E-state index is 0. The number of benzene rings is 1. The van der Waals surface area contributed by atoms with Crippen LogP contribution in [-0.4, -0.2) is 45.9 Å². The molecule has 0 aliphatic heterocycles. The first-order valence-electron chi connectivity index (χ1n) is 6.84. The molecule has 0 aliphatic rings. The predicted octanol–water partition coefficient (Wildman–Crippen LogP) is 2.02. The molecule has 2 N–H and O–H groups in total. The van der Waals surface area contributed by atoms with Gasteiger partial charge in [0.05, 0.1) is 19.8 Å². The smallest absolute Gasteiger partial charge is 0.191 e. The number of methoxy groups -OCH3 is 1. The molecule has 1 atom stereocenters. The fourth-order valence-electron chi connectivity index (χ4n) is 1.73. The molecule has 1 aromatic carbocycles. The van der Waals surface area contributed by atoms with Crippen molar-refractivity contribution in [3.63, 3.8) is 0 Å². The number of halogens is 1. The van der Waals surface area contributed by atoms with Gasteiger partial charge >= 0.3 is 0 Å². The molecule has 5 nitrogen and oxygen atoms in total. The van der Waals surface area contributed by atoms with Crippen LogP contribution in [0.2, 0.25) is 0 Å². The maximum atomic E-state index is 5.60. The molecule has 0 saturated heterocycles. The fraction of sp³-hybridized carbons (Fsp3) is 0.533. The van der Waals surface area contributed by atoms with Crippen molar-refractivity contribution in [1.29, 1.82) is 0 Å². The van der Waals surface area contributed by atoms with Gasteiger partial charge in [-0.1, -0.05) is 30.3 Å². The number of hydrogen-bond acceptors (Lipinski definition) is 3. The minimum absolute atomic E-state index is 0. The lowest BCUT2D eigenvalue weighted by molar-refractivity contribution is 0.125. The molecule has 0 aliphatic carbocycles. The van der Waals surface area contributed by atoms with Crippen molar-refractivity contribution < 1.29 is 9.47 Å². The number of hydrogen-bond donors (Lipinski definition) is 2. The molecule has 6 heteroatoms. The van der Waals surface area contributed by atoms with Gasteiger partial charge in [0.25, 0.3) is 0 Å². The summed E-state index contributed by atoms with van der Waals surface area (Å²) in [6.45, 7) is 4.67. The van der Waals surface area contributed by atoms with Gasteiger partial charge in [0.2, 0.25) is 0 Å². The van der Waals surface area contributed by atoms with Crippen LogP contribution in [0.1, 0.15) is 12.5 Å². The van der Waals surface area contributed by atoms with Gasteiger partial charge in [0, 0.05) is 26.7 Å². The third-order valence-corrected chi connectivity index (χ3v) is 2.67. The molecule has 21 heavy (non-hydrogen) atoms. The molecule has 0 amide bonds. The molecule has 0 fully saturated rings. The van der Waals surface area contributed by atoms with Crippen LogP contribution in [0.3, 0.4) is 0 Å². The van der Waals surface area contributed by atoms with Crippen molar-refractivity contribution >= 4 is 29.9 Å². The molecule has 120 valence electrons. The van der Waals surface area contributed by atoms with Crippen molar-refractivity contribution in [3.05, 3.63) is 35.9 Å². The van der Waals surface area contributed by atoms with E-state index in [1.165, 1.54) is 5.56 Å². The van der Waals surface area contributed by atoms with E-state index in [0.717, 1.165) is 5.96 Å². The van der Waals surface area contributed by atoms with Crippen LogP contribution in [0.5, 0.6) is 0 Å². The van der Waals surface area contributed by atoms with Gasteiger partial charge in [0.15, 0.2) is 5.96 Å². The Hall–Kier alpha value is -0.860. The van der Waals surface area contributed by atoms with Crippen molar-refractivity contribution in [3.8, 4) is 0 Å². The lowest BCUT2D eigenvalue weighted by Crippen LogP contribution is -2.44. The Kier molecular flexibility index (Phi) is 12.3. The second-order valence-electron chi connectivity index (χ2n) is 4.54. The zero-order chi connectivity index (χ0) is 14.6. The van der Waals surface area contributed by atoms with Crippen LogP contribution >= 0.6 is 24.0 Å². The highest BCUT2D eigenvalue weighted by atomic mass is 127. The van der Waals surface area contributed by atoms with Crippen molar-refractivity contribution in [1.82, 2.24) is 10.6 Å². The van der Waals surface area contributed by atoms with E-state index in [4.69, 9.17) is 9.47 Å². The molecule has 0 aromatic heterocycles. The third kappa shape index (κ3) is 9.65. The van der Waals surface area contributed by atoms with Crippen LogP contribution in [0, 0.1) is 0 Å². The molecule has 1 unspecified atom stereocenters. The van der Waals surface area contributed by atoms with Crippen molar-refractivity contribution in [2.24, 2.45) is 4.99 Å². The second kappa shape index (κ2) is 12.8. The number of aliphatic imine (C=N–C) groups is 1. The van der Waals surface area contributed by atoms with Crippen LogP contribution < -0.4 is 10.6 Å². The fourth-order valence-corrected chi connectivity index (χ4v) is 1.73. The second-order valence-corrected chi connectivity index (χ2v) is 4.54. The minimum Gasteiger partial charge on any atom is -0.383 e. The lowest BCUT2D eigenvalue weighted by atomic mass is 10.2. The van der Waals surface area contributed by atoms with E-state index in [2.05, 4.69) is 27.8 Å². The highest BCUT2D eigenvalue weighted by Crippen LogP contribution is 1.99. The van der Waals surface area contributed by atoms with Gasteiger partial charge in [-0.15, -0.1) is 24.0 Å². The van der Waals surface area contributed by atoms with Crippen molar-refractivity contribution in [2.75, 3.05) is 33.9 Å². The van der Waals surface area contributed by atoms with E-state index in [0.29, 0.717) is 26.4 Å². The van der Waals surface area contributed by atoms with E-state index >= 15 is 0 Å². The summed E-state index contributed by atoms with van der Waals surface area (Å²) in [4.78, 5) is 4.15. The van der Waals surface area contributed by atoms with E-state index in [9.17, 15) is 0 Å². The Morgan fingerprint density at radius 2 is 2.00 bits per heavy atom. The summed E-state index contributed by atoms with van der Waals surface area (Å²) >= 11 is 0. The van der Waals surface area contributed by atoms with Gasteiger partial charge in [-0.05, 0) is 12.5 Å². The molecule has 0 saturated carbocycles. The Bertz CT molecular complexity index is 388. The van der Waals surface area contributed by atoms with Crippen LogP contribution in [-0.2, 0) is 16.1 Å². The van der Waals surface area contributed by atoms with Gasteiger partial charge in [-0.25, -0.2) is 0 Å². The largest absolute Gasteiger partial charge is 0.383 e. The molecule has 0 radical (unpaired) electrons. The van der Waals surface area contributed by atoms with E-state index in [1.54, 1.807) is 14.2 Å². The number of ether oxygens (including phenoxy) is 2. The van der Waals surface area contributed by atoms with Crippen LogP contribution in [0.25, 0.3) is 0 Å². The monoisotopic (exact) mass is 407 g/mol. The summed E-state index contributed by atoms with van der Waals surface area (Å²) in [6.07, 6.45) is 0. The van der Waals surface area contributed by atoms with Crippen LogP contribution in [0.15, 0.2) is 35.3 Å². The molecule has 1 rings (SSSR count). The van der Waals surface area contributed by atoms with Gasteiger partial charge in [0.1, 0.15) is 0 Å². The average molecular weight is 407 g/mol. The Morgan fingerprint density at radius 1 is 1.29 bits per heavy atom. The molecular weight excluding hydrogens is 381 g/mol. The first-order chi connectivity index (χ1) is 9.76. The summed E-state index contributed by atoms with van der Waals surface area (Å²) in [5.41, 5.74) is 1.18. The summed E-state index contributed by atoms with van der Waals surface area (Å²) in [7, 11) is 3.44. The zero-order valence-corrected chi connectivity index (χ0v) is 15.3. The summed E-state index contributed by atoms with van der Waals surface area (Å²) in [6, 6.07) is 10.4. The highest BCUT2D eigenvalue weighted by molar-refractivity contribution is 14.0. The average Bonchev–Trinajstić information content (AvgIpc) is 2.47. The first kappa shape index (κ1) is 20.1. The van der Waals surface area contributed by atoms with Crippen molar-refractivity contribution in [2.45, 2.75) is 19.6 Å². The van der Waals surface area contributed by atoms with Gasteiger partial charge in [-0.2, -0.15) is 0 Å². The SMILES string of the molecule is CN=C(NCCOCc1ccccc1)NC(C)COC.I. The molecule has 1 aromatic rings. The summed E-state index contributed by atoms with van der Waals surface area (Å²) < 4.78 is 10.7. The molecule has 0 spiro atoms. The first-order valence-corrected chi connectivity index (χ1v) is 6.84. The van der Waals surface area contributed by atoms with Gasteiger partial charge in [-0.3, -0.25) is 4.99 Å². The summed E-state index contributed by atoms with van der Waals surface area (Å²) in [5.74, 6) is 0.762. The van der Waals surface area contributed by atoms with Gasteiger partial charge < -0.3 is 20.1 Å². The number of rotatable bonds is 8. The normalized spacial score (nSPS) is 12.4. The molecular formula is C15H26IN3O2. The molecule has 0 bridgehead atoms. The summed E-state index contributed by atoms with van der Waals surface area (Å²) in [5, 5.41) is 6.44. The van der Waals surface area contributed by atoms with E-state index in [-0.39, 0.29) is 30.0 Å². The number of nitrogens with zero attached hydrogens (tertiary/aromatic N) is 1. The Balaban J connectivity index is 0.00000400. The Morgan fingerprint density at radius 3 is 2.62 bits per heavy atom. The zero-order valence-electron chi connectivity index (χ0n) is 13.0. The van der Waals surface area contributed by atoms with Crippen LogP contribution in [0.4, 0.5) is 0 Å². The maximum absolute atomic E-state index is 5.60. The number of nitrogens with one attached hydrogen (secondary N) is 2. The third-order valence-electron chi connectivity index (χ3n) is 2.67. The van der Waals surface area contributed by atoms with E-state index < -0.39 is 0 Å². The molecule has 0 heterocycles. The van der Waals surface area contributed by atoms with E-state index in [1.807, 2.05) is 25.1 Å².